The van der Waals surface area contributed by atoms with E-state index < -0.39 is 14.4 Å². The van der Waals surface area contributed by atoms with Crippen molar-refractivity contribution in [3.8, 4) is 11.8 Å². The van der Waals surface area contributed by atoms with Crippen molar-refractivity contribution in [2.45, 2.75) is 65.8 Å². The third kappa shape index (κ3) is 5.72. The molecule has 0 aliphatic carbocycles. The van der Waals surface area contributed by atoms with Gasteiger partial charge in [-0.3, -0.25) is 0 Å². The molecule has 0 unspecified atom stereocenters. The summed E-state index contributed by atoms with van der Waals surface area (Å²) < 4.78 is 5.91. The first kappa shape index (κ1) is 16.7. The van der Waals surface area contributed by atoms with Gasteiger partial charge in [-0.15, -0.1) is 0 Å². The highest BCUT2D eigenvalue weighted by atomic mass is 28.4. The van der Waals surface area contributed by atoms with Gasteiger partial charge in [0.25, 0.3) is 0 Å². The summed E-state index contributed by atoms with van der Waals surface area (Å²) in [6, 6.07) is 0. The van der Waals surface area contributed by atoms with E-state index >= 15 is 0 Å². The molecule has 0 rings (SSSR count). The van der Waals surface area contributed by atoms with E-state index in [1.54, 1.807) is 0 Å². The fourth-order valence-corrected chi connectivity index (χ4v) is 1.65. The van der Waals surface area contributed by atoms with Gasteiger partial charge < -0.3 is 9.53 Å². The molecular formula is C14H28O2Si. The molecule has 0 saturated heterocycles. The molecule has 0 bridgehead atoms. The molecule has 0 amide bonds. The molecule has 0 radical (unpaired) electrons. The Labute approximate surface area is 108 Å². The summed E-state index contributed by atoms with van der Waals surface area (Å²) >= 11 is 0. The van der Waals surface area contributed by atoms with Crippen molar-refractivity contribution in [2.24, 2.45) is 5.41 Å². The molecule has 2 nitrogen and oxygen atoms in total. The quantitative estimate of drug-likeness (QED) is 0.606. The van der Waals surface area contributed by atoms with Crippen molar-refractivity contribution in [1.29, 1.82) is 0 Å². The van der Waals surface area contributed by atoms with Crippen LogP contribution < -0.4 is 0 Å². The smallest absolute Gasteiger partial charge is 0.193 e. The van der Waals surface area contributed by atoms with Gasteiger partial charge in [-0.2, -0.15) is 0 Å². The summed E-state index contributed by atoms with van der Waals surface area (Å²) in [5.41, 5.74) is -0.191. The first-order valence-electron chi connectivity index (χ1n) is 6.18. The topological polar surface area (TPSA) is 29.5 Å². The standard InChI is InChI=1S/C14H28O2Si/c1-13(2,3)12(15)10-9-11-16-17(7,8)14(4,5)6/h12,15H,11H2,1-8H3/t12-/m0/s1. The fourth-order valence-electron chi connectivity index (χ4n) is 0.788. The highest BCUT2D eigenvalue weighted by Gasteiger charge is 2.36. The van der Waals surface area contributed by atoms with Crippen LogP contribution in [-0.4, -0.2) is 26.1 Å². The van der Waals surface area contributed by atoms with Crippen LogP contribution in [0.25, 0.3) is 0 Å². The van der Waals surface area contributed by atoms with Crippen LogP contribution in [0.2, 0.25) is 18.1 Å². The highest BCUT2D eigenvalue weighted by molar-refractivity contribution is 6.74. The zero-order valence-electron chi connectivity index (χ0n) is 12.6. The molecule has 0 aromatic heterocycles. The zero-order valence-corrected chi connectivity index (χ0v) is 13.6. The Balaban J connectivity index is 4.31. The van der Waals surface area contributed by atoms with Crippen molar-refractivity contribution in [3.63, 3.8) is 0 Å². The molecule has 1 atom stereocenters. The van der Waals surface area contributed by atoms with Gasteiger partial charge in [0.05, 0.1) is 6.61 Å². The van der Waals surface area contributed by atoms with Crippen LogP contribution in [0, 0.1) is 17.3 Å². The van der Waals surface area contributed by atoms with E-state index in [1.165, 1.54) is 0 Å². The molecule has 0 aromatic carbocycles. The minimum Gasteiger partial charge on any atom is -0.406 e. The van der Waals surface area contributed by atoms with E-state index in [0.29, 0.717) is 6.61 Å². The molecule has 0 saturated carbocycles. The van der Waals surface area contributed by atoms with Gasteiger partial charge in [-0.05, 0) is 23.5 Å². The summed E-state index contributed by atoms with van der Waals surface area (Å²) in [4.78, 5) is 0. The lowest BCUT2D eigenvalue weighted by molar-refractivity contribution is 0.114. The number of hydrogen-bond acceptors (Lipinski definition) is 2. The zero-order chi connectivity index (χ0) is 13.9. The maximum Gasteiger partial charge on any atom is 0.193 e. The lowest BCUT2D eigenvalue weighted by Gasteiger charge is -2.35. The Bertz CT molecular complexity index is 297. The number of hydrogen-bond donors (Lipinski definition) is 1. The second-order valence-electron chi connectivity index (χ2n) is 7.14. The van der Waals surface area contributed by atoms with Gasteiger partial charge in [0.2, 0.25) is 0 Å². The molecule has 0 aliphatic rings. The Hall–Kier alpha value is -0.303. The second-order valence-corrected chi connectivity index (χ2v) is 11.9. The first-order valence-corrected chi connectivity index (χ1v) is 9.09. The normalized spacial score (nSPS) is 15.1. The second kappa shape index (κ2) is 5.56. The van der Waals surface area contributed by atoms with E-state index in [0.717, 1.165) is 0 Å². The van der Waals surface area contributed by atoms with Crippen LogP contribution in [0.4, 0.5) is 0 Å². The average molecular weight is 256 g/mol. The fraction of sp³-hybridized carbons (Fsp3) is 0.857. The molecule has 0 spiro atoms. The number of aliphatic hydroxyl groups excluding tert-OH is 1. The van der Waals surface area contributed by atoms with Crippen molar-refractivity contribution >= 4 is 8.32 Å². The molecule has 17 heavy (non-hydrogen) atoms. The van der Waals surface area contributed by atoms with E-state index in [9.17, 15) is 5.11 Å². The molecule has 0 heterocycles. The summed E-state index contributed by atoms with van der Waals surface area (Å²) in [5.74, 6) is 5.78. The molecule has 3 heteroatoms. The molecule has 0 aliphatic heterocycles. The Morgan fingerprint density at radius 3 is 1.94 bits per heavy atom. The highest BCUT2D eigenvalue weighted by Crippen LogP contribution is 2.36. The van der Waals surface area contributed by atoms with E-state index in [4.69, 9.17) is 4.43 Å². The number of aliphatic hydroxyl groups is 1. The first-order chi connectivity index (χ1) is 7.38. The van der Waals surface area contributed by atoms with E-state index in [1.807, 2.05) is 20.8 Å². The SMILES string of the molecule is CC(C)(C)[C@@H](O)C#CCO[Si](C)(C)C(C)(C)C. The monoisotopic (exact) mass is 256 g/mol. The van der Waals surface area contributed by atoms with Crippen LogP contribution in [-0.2, 0) is 4.43 Å². The van der Waals surface area contributed by atoms with Crippen molar-refractivity contribution in [3.05, 3.63) is 0 Å². The van der Waals surface area contributed by atoms with Gasteiger partial charge in [0.1, 0.15) is 6.10 Å². The summed E-state index contributed by atoms with van der Waals surface area (Å²) in [7, 11) is -1.71. The van der Waals surface area contributed by atoms with Gasteiger partial charge >= 0.3 is 0 Å². The van der Waals surface area contributed by atoms with Crippen LogP contribution in [0.3, 0.4) is 0 Å². The van der Waals surface area contributed by atoms with Crippen molar-refractivity contribution in [1.82, 2.24) is 0 Å². The van der Waals surface area contributed by atoms with E-state index in [-0.39, 0.29) is 10.5 Å². The van der Waals surface area contributed by atoms with Crippen molar-refractivity contribution in [2.75, 3.05) is 6.61 Å². The molecule has 0 fully saturated rings. The lowest BCUT2D eigenvalue weighted by Crippen LogP contribution is -2.40. The van der Waals surface area contributed by atoms with Gasteiger partial charge in [-0.1, -0.05) is 53.4 Å². The predicted octanol–water partition coefficient (Wildman–Crippen LogP) is 3.42. The Kier molecular flexibility index (Phi) is 5.46. The van der Waals surface area contributed by atoms with Crippen molar-refractivity contribution < 1.29 is 9.53 Å². The average Bonchev–Trinajstić information content (AvgIpc) is 2.08. The minimum atomic E-state index is -1.71. The van der Waals surface area contributed by atoms with Gasteiger partial charge in [-0.25, -0.2) is 0 Å². The maximum absolute atomic E-state index is 9.76. The van der Waals surface area contributed by atoms with Crippen LogP contribution >= 0.6 is 0 Å². The van der Waals surface area contributed by atoms with Gasteiger partial charge in [0, 0.05) is 0 Å². The number of rotatable bonds is 2. The minimum absolute atomic E-state index is 0.191. The third-order valence-corrected chi connectivity index (χ3v) is 7.85. The summed E-state index contributed by atoms with van der Waals surface area (Å²) in [6.45, 7) is 17.4. The lowest BCUT2D eigenvalue weighted by atomic mass is 9.90. The Morgan fingerprint density at radius 1 is 1.12 bits per heavy atom. The maximum atomic E-state index is 9.76. The third-order valence-electron chi connectivity index (χ3n) is 3.37. The molecule has 1 N–H and O–H groups in total. The Morgan fingerprint density at radius 2 is 1.59 bits per heavy atom. The molecule has 100 valence electrons. The van der Waals surface area contributed by atoms with Crippen LogP contribution in [0.5, 0.6) is 0 Å². The molecular weight excluding hydrogens is 228 g/mol. The predicted molar refractivity (Wildman–Crippen MR) is 76.4 cm³/mol. The van der Waals surface area contributed by atoms with Crippen LogP contribution in [0.1, 0.15) is 41.5 Å². The largest absolute Gasteiger partial charge is 0.406 e. The van der Waals surface area contributed by atoms with Gasteiger partial charge in [0.15, 0.2) is 8.32 Å². The van der Waals surface area contributed by atoms with Crippen LogP contribution in [0.15, 0.2) is 0 Å². The molecule has 0 aromatic rings. The van der Waals surface area contributed by atoms with E-state index in [2.05, 4.69) is 45.7 Å². The summed E-state index contributed by atoms with van der Waals surface area (Å²) in [5, 5.41) is 9.96. The summed E-state index contributed by atoms with van der Waals surface area (Å²) in [6.07, 6.45) is -0.592.